The minimum absolute atomic E-state index is 0.309. The van der Waals surface area contributed by atoms with Crippen LogP contribution in [0.1, 0.15) is 30.3 Å². The molecule has 1 atom stereocenters. The van der Waals surface area contributed by atoms with Crippen molar-refractivity contribution in [2.45, 2.75) is 19.8 Å². The van der Waals surface area contributed by atoms with Crippen LogP contribution in [0, 0.1) is 5.92 Å². The van der Waals surface area contributed by atoms with Crippen LogP contribution in [0.3, 0.4) is 0 Å². The molecule has 1 saturated heterocycles. The molecule has 1 aromatic heterocycles. The van der Waals surface area contributed by atoms with Gasteiger partial charge in [-0.2, -0.15) is 0 Å². The first kappa shape index (κ1) is 17.0. The zero-order valence-corrected chi connectivity index (χ0v) is 14.8. The van der Waals surface area contributed by atoms with Gasteiger partial charge in [0.2, 0.25) is 5.95 Å². The molecule has 0 saturated carbocycles. The largest absolute Gasteiger partial charge is 0.341 e. The molecule has 5 nitrogen and oxygen atoms in total. The Labute approximate surface area is 151 Å². The van der Waals surface area contributed by atoms with Gasteiger partial charge in [-0.1, -0.05) is 30.1 Å². The maximum absolute atomic E-state index is 12.4. The van der Waals surface area contributed by atoms with Gasteiger partial charge in [0.05, 0.1) is 10.7 Å². The highest BCUT2D eigenvalue weighted by atomic mass is 35.5. The van der Waals surface area contributed by atoms with E-state index >= 15 is 0 Å². The van der Waals surface area contributed by atoms with Gasteiger partial charge >= 0.3 is 0 Å². The van der Waals surface area contributed by atoms with Crippen molar-refractivity contribution in [2.24, 2.45) is 5.92 Å². The summed E-state index contributed by atoms with van der Waals surface area (Å²) < 4.78 is 0. The molecule has 7 heteroatoms. The summed E-state index contributed by atoms with van der Waals surface area (Å²) in [6.45, 7) is 4.04. The number of hydrogen-bond donors (Lipinski definition) is 1. The maximum Gasteiger partial charge on any atom is 0.274 e. The number of carbonyl (C=O) groups is 1. The monoisotopic (exact) mass is 364 g/mol. The number of rotatable bonds is 3. The van der Waals surface area contributed by atoms with Crippen molar-refractivity contribution in [1.82, 2.24) is 9.97 Å². The Morgan fingerprint density at radius 2 is 2.17 bits per heavy atom. The number of hydrogen-bond acceptors (Lipinski definition) is 4. The number of nitrogens with one attached hydrogen (secondary N) is 1. The lowest BCUT2D eigenvalue weighted by atomic mass is 10.0. The van der Waals surface area contributed by atoms with Crippen LogP contribution in [-0.4, -0.2) is 29.0 Å². The fourth-order valence-electron chi connectivity index (χ4n) is 2.78. The molecule has 0 aliphatic carbocycles. The highest BCUT2D eigenvalue weighted by Crippen LogP contribution is 2.26. The van der Waals surface area contributed by atoms with Crippen LogP contribution >= 0.6 is 23.2 Å². The molecule has 1 aromatic carbocycles. The summed E-state index contributed by atoms with van der Waals surface area (Å²) in [5.74, 6) is 0.872. The van der Waals surface area contributed by atoms with Crippen LogP contribution < -0.4 is 10.2 Å². The van der Waals surface area contributed by atoms with E-state index in [0.29, 0.717) is 33.3 Å². The minimum Gasteiger partial charge on any atom is -0.341 e. The number of benzene rings is 1. The quantitative estimate of drug-likeness (QED) is 0.883. The summed E-state index contributed by atoms with van der Waals surface area (Å²) in [7, 11) is 0. The molecule has 0 spiro atoms. The van der Waals surface area contributed by atoms with Crippen molar-refractivity contribution in [3.63, 3.8) is 0 Å². The number of halogens is 2. The molecule has 2 aromatic rings. The Bertz CT molecular complexity index is 753. The summed E-state index contributed by atoms with van der Waals surface area (Å²) in [4.78, 5) is 23.3. The lowest BCUT2D eigenvalue weighted by Gasteiger charge is -2.30. The molecule has 0 radical (unpaired) electrons. The molecular formula is C17H18Cl2N4O. The van der Waals surface area contributed by atoms with Gasteiger partial charge in [-0.3, -0.25) is 4.79 Å². The van der Waals surface area contributed by atoms with Crippen molar-refractivity contribution in [3.05, 3.63) is 46.2 Å². The molecule has 1 N–H and O–H groups in total. The smallest absolute Gasteiger partial charge is 0.274 e. The molecule has 1 aliphatic heterocycles. The number of carbonyl (C=O) groups excluding carboxylic acids is 1. The van der Waals surface area contributed by atoms with E-state index in [2.05, 4.69) is 27.1 Å². The van der Waals surface area contributed by atoms with Crippen LogP contribution in [-0.2, 0) is 0 Å². The van der Waals surface area contributed by atoms with Crippen molar-refractivity contribution < 1.29 is 4.79 Å². The summed E-state index contributed by atoms with van der Waals surface area (Å²) >= 11 is 12.0. The molecule has 24 heavy (non-hydrogen) atoms. The second kappa shape index (κ2) is 7.36. The molecule has 1 aliphatic rings. The van der Waals surface area contributed by atoms with E-state index in [-0.39, 0.29) is 5.91 Å². The summed E-state index contributed by atoms with van der Waals surface area (Å²) in [6, 6.07) is 6.51. The van der Waals surface area contributed by atoms with Gasteiger partial charge in [-0.25, -0.2) is 9.97 Å². The fraction of sp³-hybridized carbons (Fsp3) is 0.353. The summed E-state index contributed by atoms with van der Waals surface area (Å²) in [5, 5.41) is 3.65. The Kier molecular flexibility index (Phi) is 5.21. The van der Waals surface area contributed by atoms with E-state index < -0.39 is 0 Å². The highest BCUT2D eigenvalue weighted by molar-refractivity contribution is 6.36. The zero-order valence-electron chi connectivity index (χ0n) is 13.3. The van der Waals surface area contributed by atoms with Gasteiger partial charge in [-0.15, -0.1) is 0 Å². The third kappa shape index (κ3) is 3.97. The van der Waals surface area contributed by atoms with Gasteiger partial charge in [0.15, 0.2) is 0 Å². The minimum atomic E-state index is -0.326. The lowest BCUT2D eigenvalue weighted by molar-refractivity contribution is 0.102. The van der Waals surface area contributed by atoms with Crippen LogP contribution in [0.5, 0.6) is 0 Å². The standard InChI is InChI=1S/C17H18Cl2N4O/c1-11-3-2-8-23(10-11)17-20-7-6-15(22-17)16(24)21-14-5-4-12(18)9-13(14)19/h4-7,9,11H,2-3,8,10H2,1H3,(H,21,24). The molecular weight excluding hydrogens is 347 g/mol. The van der Waals surface area contributed by atoms with E-state index in [1.165, 1.54) is 6.42 Å². The lowest BCUT2D eigenvalue weighted by Crippen LogP contribution is -2.35. The van der Waals surface area contributed by atoms with E-state index in [9.17, 15) is 4.79 Å². The normalized spacial score (nSPS) is 17.6. The maximum atomic E-state index is 12.4. The number of anilines is 2. The first-order valence-electron chi connectivity index (χ1n) is 7.87. The first-order chi connectivity index (χ1) is 11.5. The molecule has 3 rings (SSSR count). The van der Waals surface area contributed by atoms with E-state index in [1.54, 1.807) is 30.5 Å². The van der Waals surface area contributed by atoms with Gasteiger partial charge in [0.25, 0.3) is 5.91 Å². The van der Waals surface area contributed by atoms with Gasteiger partial charge in [-0.05, 0) is 43.0 Å². The Morgan fingerprint density at radius 1 is 1.33 bits per heavy atom. The Morgan fingerprint density at radius 3 is 2.92 bits per heavy atom. The molecule has 1 fully saturated rings. The van der Waals surface area contributed by atoms with Gasteiger partial charge in [0.1, 0.15) is 5.69 Å². The van der Waals surface area contributed by atoms with E-state index in [4.69, 9.17) is 23.2 Å². The highest BCUT2D eigenvalue weighted by Gasteiger charge is 2.20. The number of piperidine rings is 1. The molecule has 126 valence electrons. The number of nitrogens with zero attached hydrogens (tertiary/aromatic N) is 3. The van der Waals surface area contributed by atoms with Crippen molar-refractivity contribution >= 4 is 40.7 Å². The summed E-state index contributed by atoms with van der Waals surface area (Å²) in [6.07, 6.45) is 3.94. The average Bonchev–Trinajstić information content (AvgIpc) is 2.57. The predicted octanol–water partition coefficient (Wildman–Crippen LogP) is 4.27. The van der Waals surface area contributed by atoms with Crippen LogP contribution in [0.4, 0.5) is 11.6 Å². The molecule has 0 bridgehead atoms. The van der Waals surface area contributed by atoms with Gasteiger partial charge < -0.3 is 10.2 Å². The van der Waals surface area contributed by atoms with Crippen molar-refractivity contribution in [1.29, 1.82) is 0 Å². The number of amides is 1. The average molecular weight is 365 g/mol. The van der Waals surface area contributed by atoms with Crippen LogP contribution in [0.2, 0.25) is 10.0 Å². The second-order valence-corrected chi connectivity index (χ2v) is 6.86. The Balaban J connectivity index is 1.76. The second-order valence-electron chi connectivity index (χ2n) is 6.01. The SMILES string of the molecule is CC1CCCN(c2nccc(C(=O)Nc3ccc(Cl)cc3Cl)n2)C1. The predicted molar refractivity (Wildman–Crippen MR) is 97.1 cm³/mol. The van der Waals surface area contributed by atoms with Crippen molar-refractivity contribution in [2.75, 3.05) is 23.3 Å². The topological polar surface area (TPSA) is 58.1 Å². The molecule has 2 heterocycles. The first-order valence-corrected chi connectivity index (χ1v) is 8.63. The van der Waals surface area contributed by atoms with Crippen molar-refractivity contribution in [3.8, 4) is 0 Å². The molecule has 1 unspecified atom stereocenters. The molecule has 1 amide bonds. The Hall–Kier alpha value is -1.85. The fourth-order valence-corrected chi connectivity index (χ4v) is 3.23. The third-order valence-corrected chi connectivity index (χ3v) is 4.54. The van der Waals surface area contributed by atoms with Gasteiger partial charge in [0, 0.05) is 24.3 Å². The van der Waals surface area contributed by atoms with E-state index in [0.717, 1.165) is 19.5 Å². The number of aromatic nitrogens is 2. The summed E-state index contributed by atoms with van der Waals surface area (Å²) in [5.41, 5.74) is 0.807. The van der Waals surface area contributed by atoms with Crippen LogP contribution in [0.15, 0.2) is 30.5 Å². The third-order valence-electron chi connectivity index (χ3n) is 3.99. The zero-order chi connectivity index (χ0) is 17.1. The van der Waals surface area contributed by atoms with Crippen LogP contribution in [0.25, 0.3) is 0 Å². The van der Waals surface area contributed by atoms with E-state index in [1.807, 2.05) is 0 Å².